The molecule has 0 aliphatic rings. The van der Waals surface area contributed by atoms with Crippen LogP contribution in [0.5, 0.6) is 0 Å². The number of rotatable bonds is 3. The predicted octanol–water partition coefficient (Wildman–Crippen LogP) is 2.43. The van der Waals surface area contributed by atoms with Gasteiger partial charge in [-0.25, -0.2) is 4.79 Å². The van der Waals surface area contributed by atoms with Gasteiger partial charge in [0.1, 0.15) is 5.58 Å². The van der Waals surface area contributed by atoms with Crippen molar-refractivity contribution < 1.29 is 9.21 Å². The zero-order valence-corrected chi connectivity index (χ0v) is 12.0. The minimum absolute atomic E-state index is 0.235. The van der Waals surface area contributed by atoms with Crippen molar-refractivity contribution in [2.75, 3.05) is 0 Å². The smallest absolute Gasteiger partial charge is 0.336 e. The number of hydrogen-bond acceptors (Lipinski definition) is 4. The number of aryl methyl sites for hydroxylation is 1. The number of carbonyl (C=O) groups excluding carboxylic acids is 1. The Labute approximate surface area is 126 Å². The molecule has 1 N–H and O–H groups in total. The molecule has 0 aliphatic heterocycles. The standard InChI is InChI=1S/C17H14N2O3/c1-11-4-5-14-13(8-16(20)22-15(14)7-11)10-19-17(21)12-3-2-6-18-9-12/h2-9H,10H2,1H3,(H,19,21). The van der Waals surface area contributed by atoms with Gasteiger partial charge in [-0.05, 0) is 36.2 Å². The highest BCUT2D eigenvalue weighted by Crippen LogP contribution is 2.18. The van der Waals surface area contributed by atoms with Crippen molar-refractivity contribution in [3.63, 3.8) is 0 Å². The molecular formula is C17H14N2O3. The molecule has 0 bridgehead atoms. The average Bonchev–Trinajstić information content (AvgIpc) is 2.52. The fourth-order valence-electron chi connectivity index (χ4n) is 2.26. The molecule has 1 aromatic carbocycles. The number of nitrogens with zero attached hydrogens (tertiary/aromatic N) is 1. The second-order valence-corrected chi connectivity index (χ2v) is 5.01. The lowest BCUT2D eigenvalue weighted by molar-refractivity contribution is 0.0950. The quantitative estimate of drug-likeness (QED) is 0.753. The third-order valence-corrected chi connectivity index (χ3v) is 3.35. The van der Waals surface area contributed by atoms with Gasteiger partial charge in [0.05, 0.1) is 5.56 Å². The molecule has 0 atom stereocenters. The second-order valence-electron chi connectivity index (χ2n) is 5.01. The molecule has 2 heterocycles. The lowest BCUT2D eigenvalue weighted by atomic mass is 10.1. The van der Waals surface area contributed by atoms with Crippen LogP contribution >= 0.6 is 0 Å². The van der Waals surface area contributed by atoms with Gasteiger partial charge in [0.15, 0.2) is 0 Å². The predicted molar refractivity (Wildman–Crippen MR) is 82.6 cm³/mol. The van der Waals surface area contributed by atoms with Crippen LogP contribution in [0.25, 0.3) is 11.0 Å². The number of amides is 1. The largest absolute Gasteiger partial charge is 0.423 e. The fraction of sp³-hybridized carbons (Fsp3) is 0.118. The summed E-state index contributed by atoms with van der Waals surface area (Å²) in [6.07, 6.45) is 3.10. The van der Waals surface area contributed by atoms with Gasteiger partial charge in [-0.15, -0.1) is 0 Å². The Morgan fingerprint density at radius 2 is 2.14 bits per heavy atom. The van der Waals surface area contributed by atoms with Gasteiger partial charge in [-0.1, -0.05) is 12.1 Å². The van der Waals surface area contributed by atoms with E-state index in [2.05, 4.69) is 10.3 Å². The molecule has 5 heteroatoms. The van der Waals surface area contributed by atoms with Crippen LogP contribution in [0.1, 0.15) is 21.5 Å². The van der Waals surface area contributed by atoms with E-state index < -0.39 is 5.63 Å². The van der Waals surface area contributed by atoms with E-state index in [1.54, 1.807) is 18.3 Å². The Morgan fingerprint density at radius 3 is 2.91 bits per heavy atom. The number of aromatic nitrogens is 1. The van der Waals surface area contributed by atoms with Crippen molar-refractivity contribution in [2.24, 2.45) is 0 Å². The number of benzene rings is 1. The summed E-state index contributed by atoms with van der Waals surface area (Å²) < 4.78 is 5.20. The molecule has 0 fully saturated rings. The van der Waals surface area contributed by atoms with Crippen molar-refractivity contribution in [1.82, 2.24) is 10.3 Å². The van der Waals surface area contributed by atoms with Gasteiger partial charge >= 0.3 is 5.63 Å². The van der Waals surface area contributed by atoms with E-state index >= 15 is 0 Å². The maximum Gasteiger partial charge on any atom is 0.336 e. The summed E-state index contributed by atoms with van der Waals surface area (Å²) >= 11 is 0. The van der Waals surface area contributed by atoms with E-state index in [1.807, 2.05) is 25.1 Å². The Bertz CT molecular complexity index is 885. The molecule has 0 unspecified atom stereocenters. The maximum atomic E-state index is 12.0. The lowest BCUT2D eigenvalue weighted by Gasteiger charge is -2.08. The van der Waals surface area contributed by atoms with Gasteiger partial charge in [0.2, 0.25) is 0 Å². The molecule has 0 saturated heterocycles. The highest BCUT2D eigenvalue weighted by Gasteiger charge is 2.09. The van der Waals surface area contributed by atoms with E-state index in [1.165, 1.54) is 12.3 Å². The van der Waals surface area contributed by atoms with Crippen molar-refractivity contribution in [1.29, 1.82) is 0 Å². The fourth-order valence-corrected chi connectivity index (χ4v) is 2.26. The topological polar surface area (TPSA) is 72.2 Å². The zero-order valence-electron chi connectivity index (χ0n) is 12.0. The van der Waals surface area contributed by atoms with Crippen molar-refractivity contribution >= 4 is 16.9 Å². The Kier molecular flexibility index (Phi) is 3.70. The number of hydrogen-bond donors (Lipinski definition) is 1. The van der Waals surface area contributed by atoms with Gasteiger partial charge in [-0.2, -0.15) is 0 Å². The first-order valence-electron chi connectivity index (χ1n) is 6.85. The highest BCUT2D eigenvalue weighted by molar-refractivity contribution is 5.94. The van der Waals surface area contributed by atoms with E-state index in [4.69, 9.17) is 4.42 Å². The zero-order chi connectivity index (χ0) is 15.5. The minimum atomic E-state index is -0.427. The first kappa shape index (κ1) is 14.0. The minimum Gasteiger partial charge on any atom is -0.423 e. The van der Waals surface area contributed by atoms with Crippen LogP contribution in [0.2, 0.25) is 0 Å². The van der Waals surface area contributed by atoms with Crippen molar-refractivity contribution in [3.8, 4) is 0 Å². The summed E-state index contributed by atoms with van der Waals surface area (Å²) in [6, 6.07) is 10.4. The Morgan fingerprint density at radius 1 is 1.27 bits per heavy atom. The molecule has 1 amide bonds. The van der Waals surface area contributed by atoms with Crippen LogP contribution in [-0.2, 0) is 6.54 Å². The molecule has 3 rings (SSSR count). The highest BCUT2D eigenvalue weighted by atomic mass is 16.4. The van der Waals surface area contributed by atoms with Crippen LogP contribution in [0, 0.1) is 6.92 Å². The molecule has 2 aromatic heterocycles. The first-order valence-corrected chi connectivity index (χ1v) is 6.85. The Hall–Kier alpha value is -2.95. The summed E-state index contributed by atoms with van der Waals surface area (Å²) in [5.41, 5.74) is 2.31. The van der Waals surface area contributed by atoms with E-state index in [-0.39, 0.29) is 12.5 Å². The number of pyridine rings is 1. The number of nitrogens with one attached hydrogen (secondary N) is 1. The van der Waals surface area contributed by atoms with Gasteiger partial charge in [0, 0.05) is 30.4 Å². The summed E-state index contributed by atoms with van der Waals surface area (Å²) in [4.78, 5) is 27.6. The van der Waals surface area contributed by atoms with Gasteiger partial charge in [-0.3, -0.25) is 9.78 Å². The lowest BCUT2D eigenvalue weighted by Crippen LogP contribution is -2.23. The third-order valence-electron chi connectivity index (χ3n) is 3.35. The molecule has 5 nitrogen and oxygen atoms in total. The second kappa shape index (κ2) is 5.81. The molecular weight excluding hydrogens is 280 g/mol. The van der Waals surface area contributed by atoms with Crippen LogP contribution in [0.15, 0.2) is 58.0 Å². The maximum absolute atomic E-state index is 12.0. The summed E-state index contributed by atoms with van der Waals surface area (Å²) in [5.74, 6) is -0.235. The van der Waals surface area contributed by atoms with Crippen LogP contribution < -0.4 is 10.9 Å². The first-order chi connectivity index (χ1) is 10.6. The summed E-state index contributed by atoms with van der Waals surface area (Å²) in [6.45, 7) is 2.18. The average molecular weight is 294 g/mol. The molecule has 0 saturated carbocycles. The molecule has 3 aromatic rings. The summed E-state index contributed by atoms with van der Waals surface area (Å²) in [7, 11) is 0. The Balaban J connectivity index is 1.88. The third kappa shape index (κ3) is 2.88. The number of fused-ring (bicyclic) bond motifs is 1. The van der Waals surface area contributed by atoms with Crippen molar-refractivity contribution in [2.45, 2.75) is 13.5 Å². The molecule has 0 radical (unpaired) electrons. The molecule has 110 valence electrons. The number of carbonyl (C=O) groups is 1. The monoisotopic (exact) mass is 294 g/mol. The van der Waals surface area contributed by atoms with Crippen molar-refractivity contribution in [3.05, 3.63) is 75.9 Å². The molecule has 22 heavy (non-hydrogen) atoms. The van der Waals surface area contributed by atoms with E-state index in [0.29, 0.717) is 11.1 Å². The molecule has 0 aliphatic carbocycles. The van der Waals surface area contributed by atoms with Gasteiger partial charge < -0.3 is 9.73 Å². The normalized spacial score (nSPS) is 10.6. The summed E-state index contributed by atoms with van der Waals surface area (Å²) in [5, 5.41) is 3.61. The van der Waals surface area contributed by atoms with Gasteiger partial charge in [0.25, 0.3) is 5.91 Å². The SMILES string of the molecule is Cc1ccc2c(CNC(=O)c3cccnc3)cc(=O)oc2c1. The van der Waals surface area contributed by atoms with E-state index in [9.17, 15) is 9.59 Å². The van der Waals surface area contributed by atoms with Crippen LogP contribution in [-0.4, -0.2) is 10.9 Å². The molecule has 0 spiro atoms. The van der Waals surface area contributed by atoms with Crippen LogP contribution in [0.3, 0.4) is 0 Å². The van der Waals surface area contributed by atoms with Crippen LogP contribution in [0.4, 0.5) is 0 Å². The van der Waals surface area contributed by atoms with E-state index in [0.717, 1.165) is 16.5 Å².